The van der Waals surface area contributed by atoms with E-state index < -0.39 is 10.7 Å². The maximum Gasteiger partial charge on any atom is 0.241 e. The average Bonchev–Trinajstić information content (AvgIpc) is 3.41. The predicted molar refractivity (Wildman–Crippen MR) is 118 cm³/mol. The van der Waals surface area contributed by atoms with E-state index >= 15 is 0 Å². The molecule has 1 spiro atoms. The smallest absolute Gasteiger partial charge is 0.241 e. The Balaban J connectivity index is 1.71. The van der Waals surface area contributed by atoms with Crippen LogP contribution in [-0.2, 0) is 15.0 Å². The molecule has 2 aliphatic rings. The van der Waals surface area contributed by atoms with Crippen LogP contribution in [0.3, 0.4) is 0 Å². The van der Waals surface area contributed by atoms with E-state index in [9.17, 15) is 9.59 Å². The van der Waals surface area contributed by atoms with Crippen molar-refractivity contribution in [2.24, 2.45) is 0 Å². The third-order valence-electron chi connectivity index (χ3n) is 5.87. The lowest BCUT2D eigenvalue weighted by atomic mass is 9.74. The number of anilines is 1. The van der Waals surface area contributed by atoms with E-state index in [-0.39, 0.29) is 17.9 Å². The number of nitrogens with zero attached hydrogens (tertiary/aromatic N) is 1. The summed E-state index contributed by atoms with van der Waals surface area (Å²) in [5.41, 5.74) is 2.00. The van der Waals surface area contributed by atoms with Crippen LogP contribution in [-0.4, -0.2) is 24.1 Å². The summed E-state index contributed by atoms with van der Waals surface area (Å²) in [4.78, 5) is 30.8. The number of carbonyl (C=O) groups excluding carboxylic acids is 2. The van der Waals surface area contributed by atoms with Gasteiger partial charge in [-0.3, -0.25) is 9.59 Å². The minimum Gasteiger partial charge on any atom is -0.346 e. The molecule has 0 saturated carbocycles. The second kappa shape index (κ2) is 6.75. The highest BCUT2D eigenvalue weighted by Gasteiger charge is 2.66. The molecule has 3 unspecified atom stereocenters. The summed E-state index contributed by atoms with van der Waals surface area (Å²) in [5, 5.41) is 4.61. The number of aryl methyl sites for hydroxylation is 1. The Kier molecular flexibility index (Phi) is 4.29. The van der Waals surface area contributed by atoms with Crippen LogP contribution in [0.25, 0.3) is 0 Å². The van der Waals surface area contributed by atoms with E-state index in [0.717, 1.165) is 21.0 Å². The fourth-order valence-electron chi connectivity index (χ4n) is 4.49. The maximum absolute atomic E-state index is 13.8. The van der Waals surface area contributed by atoms with Crippen molar-refractivity contribution in [1.29, 1.82) is 0 Å². The molecule has 3 aromatic rings. The van der Waals surface area contributed by atoms with E-state index in [0.29, 0.717) is 0 Å². The monoisotopic (exact) mass is 420 g/mol. The molecule has 3 heterocycles. The molecule has 0 aliphatic carbocycles. The number of likely N-dealkylation sites (N-methyl/N-ethyl adjacent to an activating group) is 1. The van der Waals surface area contributed by atoms with Crippen LogP contribution in [0.2, 0.25) is 0 Å². The minimum absolute atomic E-state index is 0.0277. The summed E-state index contributed by atoms with van der Waals surface area (Å²) in [6, 6.07) is 19.6. The minimum atomic E-state index is -0.969. The Hall–Kier alpha value is -2.57. The van der Waals surface area contributed by atoms with Crippen LogP contribution in [0.5, 0.6) is 0 Å². The van der Waals surface area contributed by atoms with Gasteiger partial charge in [0.1, 0.15) is 10.7 Å². The van der Waals surface area contributed by atoms with Gasteiger partial charge in [-0.2, -0.15) is 0 Å². The molecular weight excluding hydrogens is 400 g/mol. The molecule has 5 rings (SSSR count). The first-order valence-electron chi connectivity index (χ1n) is 9.48. The van der Waals surface area contributed by atoms with E-state index in [2.05, 4.69) is 5.32 Å². The molecule has 1 fully saturated rings. The zero-order valence-corrected chi connectivity index (χ0v) is 17.7. The van der Waals surface area contributed by atoms with Crippen molar-refractivity contribution in [3.8, 4) is 0 Å². The van der Waals surface area contributed by atoms with Crippen molar-refractivity contribution < 1.29 is 9.59 Å². The Morgan fingerprint density at radius 2 is 1.79 bits per heavy atom. The Bertz CT molecular complexity index is 1090. The second-order valence-electron chi connectivity index (χ2n) is 7.52. The molecule has 2 amide bonds. The number of para-hydroxylation sites is 1. The van der Waals surface area contributed by atoms with Crippen LogP contribution in [0, 0.1) is 6.92 Å². The van der Waals surface area contributed by atoms with Crippen LogP contribution < -0.4 is 10.2 Å². The number of carbonyl (C=O) groups is 2. The van der Waals surface area contributed by atoms with Crippen molar-refractivity contribution in [2.45, 2.75) is 28.5 Å². The molecule has 0 radical (unpaired) electrons. The molecule has 2 aromatic carbocycles. The standard InChI is InChI=1S/C23H20N2O2S2/c1-14-9-11-15(12-10-14)29-20-21(26)24-19(18-8-5-13-28-18)23(20)16-6-3-4-7-17(16)25(2)22(23)27/h3-13,19-20H,1-2H3,(H,24,26). The van der Waals surface area contributed by atoms with Crippen molar-refractivity contribution in [3.05, 3.63) is 82.0 Å². The molecule has 29 heavy (non-hydrogen) atoms. The van der Waals surface area contributed by atoms with Gasteiger partial charge in [-0.05, 0) is 42.1 Å². The second-order valence-corrected chi connectivity index (χ2v) is 9.68. The first-order chi connectivity index (χ1) is 14.0. The Labute approximate surface area is 177 Å². The van der Waals surface area contributed by atoms with Gasteiger partial charge in [-0.1, -0.05) is 42.0 Å². The average molecular weight is 421 g/mol. The predicted octanol–water partition coefficient (Wildman–Crippen LogP) is 4.30. The van der Waals surface area contributed by atoms with Gasteiger partial charge in [0.25, 0.3) is 0 Å². The number of rotatable bonds is 3. The molecule has 3 atom stereocenters. The molecule has 1 aromatic heterocycles. The van der Waals surface area contributed by atoms with Gasteiger partial charge in [-0.15, -0.1) is 23.1 Å². The summed E-state index contributed by atoms with van der Waals surface area (Å²) < 4.78 is 0. The highest BCUT2D eigenvalue weighted by molar-refractivity contribution is 8.00. The fraction of sp³-hybridized carbons (Fsp3) is 0.217. The highest BCUT2D eigenvalue weighted by Crippen LogP contribution is 2.57. The van der Waals surface area contributed by atoms with Crippen molar-refractivity contribution in [3.63, 3.8) is 0 Å². The molecule has 2 aliphatic heterocycles. The topological polar surface area (TPSA) is 49.4 Å². The lowest BCUT2D eigenvalue weighted by Crippen LogP contribution is -2.48. The zero-order chi connectivity index (χ0) is 20.2. The number of nitrogens with one attached hydrogen (secondary N) is 1. The maximum atomic E-state index is 13.8. The molecular formula is C23H20N2O2S2. The first kappa shape index (κ1) is 18.5. The lowest BCUT2D eigenvalue weighted by molar-refractivity contribution is -0.125. The van der Waals surface area contributed by atoms with Crippen LogP contribution in [0.1, 0.15) is 22.0 Å². The molecule has 1 N–H and O–H groups in total. The summed E-state index contributed by atoms with van der Waals surface area (Å²) >= 11 is 3.06. The number of thiophene rings is 1. The third kappa shape index (κ3) is 2.59. The zero-order valence-electron chi connectivity index (χ0n) is 16.1. The fourth-order valence-corrected chi connectivity index (χ4v) is 6.63. The van der Waals surface area contributed by atoms with Crippen molar-refractivity contribution >= 4 is 40.6 Å². The van der Waals surface area contributed by atoms with E-state index in [4.69, 9.17) is 0 Å². The van der Waals surface area contributed by atoms with Crippen LogP contribution in [0.15, 0.2) is 70.9 Å². The van der Waals surface area contributed by atoms with Crippen LogP contribution >= 0.6 is 23.1 Å². The largest absolute Gasteiger partial charge is 0.346 e. The van der Waals surface area contributed by atoms with Gasteiger partial charge in [0.2, 0.25) is 11.8 Å². The third-order valence-corrected chi connectivity index (χ3v) is 8.17. The van der Waals surface area contributed by atoms with E-state index in [1.54, 1.807) is 23.3 Å². The Morgan fingerprint density at radius 1 is 1.03 bits per heavy atom. The van der Waals surface area contributed by atoms with Gasteiger partial charge < -0.3 is 10.2 Å². The quantitative estimate of drug-likeness (QED) is 0.687. The lowest BCUT2D eigenvalue weighted by Gasteiger charge is -2.32. The molecule has 4 nitrogen and oxygen atoms in total. The summed E-state index contributed by atoms with van der Waals surface area (Å²) in [7, 11) is 1.80. The SMILES string of the molecule is Cc1ccc(SC2C(=O)NC(c3cccs3)C23C(=O)N(C)c2ccccc23)cc1. The highest BCUT2D eigenvalue weighted by atomic mass is 32.2. The molecule has 146 valence electrons. The van der Waals surface area contributed by atoms with Gasteiger partial charge in [0.05, 0.1) is 6.04 Å². The van der Waals surface area contributed by atoms with Crippen molar-refractivity contribution in [2.75, 3.05) is 11.9 Å². The number of hydrogen-bond donors (Lipinski definition) is 1. The molecule has 1 saturated heterocycles. The Morgan fingerprint density at radius 3 is 2.52 bits per heavy atom. The number of fused-ring (bicyclic) bond motifs is 2. The number of thioether (sulfide) groups is 1. The summed E-state index contributed by atoms with van der Waals surface area (Å²) in [6.07, 6.45) is 0. The van der Waals surface area contributed by atoms with Crippen LogP contribution in [0.4, 0.5) is 5.69 Å². The number of benzene rings is 2. The number of amides is 2. The number of hydrogen-bond acceptors (Lipinski definition) is 4. The van der Waals surface area contributed by atoms with E-state index in [1.807, 2.05) is 73.0 Å². The first-order valence-corrected chi connectivity index (χ1v) is 11.2. The van der Waals surface area contributed by atoms with Gasteiger partial charge in [0.15, 0.2) is 0 Å². The summed E-state index contributed by atoms with van der Waals surface area (Å²) in [6.45, 7) is 2.04. The normalized spacial score (nSPS) is 25.5. The van der Waals surface area contributed by atoms with Gasteiger partial charge in [0, 0.05) is 22.5 Å². The molecule has 0 bridgehead atoms. The summed E-state index contributed by atoms with van der Waals surface area (Å²) in [5.74, 6) is -0.118. The van der Waals surface area contributed by atoms with E-state index in [1.165, 1.54) is 17.3 Å². The van der Waals surface area contributed by atoms with Crippen molar-refractivity contribution in [1.82, 2.24) is 5.32 Å². The van der Waals surface area contributed by atoms with Gasteiger partial charge in [-0.25, -0.2) is 0 Å². The molecule has 6 heteroatoms. The van der Waals surface area contributed by atoms with Gasteiger partial charge >= 0.3 is 0 Å².